The number of hydrogen-bond acceptors (Lipinski definition) is 6. The maximum absolute atomic E-state index is 12.9. The number of nitriles is 1. The van der Waals surface area contributed by atoms with E-state index >= 15 is 0 Å². The quantitative estimate of drug-likeness (QED) is 0.840. The van der Waals surface area contributed by atoms with E-state index in [1.807, 2.05) is 13.0 Å². The van der Waals surface area contributed by atoms with Crippen molar-refractivity contribution in [2.75, 3.05) is 13.1 Å². The first kappa shape index (κ1) is 16.6. The molecule has 1 aliphatic rings. The summed E-state index contributed by atoms with van der Waals surface area (Å²) in [7, 11) is -3.72. The Bertz CT molecular complexity index is 869. The molecule has 1 saturated heterocycles. The van der Waals surface area contributed by atoms with Gasteiger partial charge in [0.1, 0.15) is 6.07 Å². The van der Waals surface area contributed by atoms with Gasteiger partial charge < -0.3 is 4.52 Å². The highest BCUT2D eigenvalue weighted by molar-refractivity contribution is 7.89. The molecule has 0 radical (unpaired) electrons. The minimum atomic E-state index is -3.72. The van der Waals surface area contributed by atoms with E-state index in [1.54, 1.807) is 12.1 Å². The molecule has 24 heavy (non-hydrogen) atoms. The van der Waals surface area contributed by atoms with Crippen LogP contribution in [0.3, 0.4) is 0 Å². The van der Waals surface area contributed by atoms with Crippen LogP contribution in [-0.4, -0.2) is 36.0 Å². The molecule has 0 bridgehead atoms. The zero-order valence-electron chi connectivity index (χ0n) is 13.3. The highest BCUT2D eigenvalue weighted by Gasteiger charge is 2.34. The Labute approximate surface area is 141 Å². The van der Waals surface area contributed by atoms with Crippen molar-refractivity contribution < 1.29 is 12.9 Å². The lowest BCUT2D eigenvalue weighted by molar-refractivity contribution is 0.300. The van der Waals surface area contributed by atoms with Gasteiger partial charge in [-0.1, -0.05) is 24.2 Å². The Morgan fingerprint density at radius 2 is 2.21 bits per heavy atom. The Kier molecular flexibility index (Phi) is 4.64. The molecule has 0 saturated carbocycles. The summed E-state index contributed by atoms with van der Waals surface area (Å²) in [4.78, 5) is 4.38. The standard InChI is InChI=1S/C16H18N4O3S/c1-2-15-18-16(19-23-15)13-7-5-9-20(11-13)24(21,22)14-8-4-3-6-12(14)10-17/h3-4,6,8,13H,2,5,7,9,11H2,1H3. The summed E-state index contributed by atoms with van der Waals surface area (Å²) < 4.78 is 32.4. The van der Waals surface area contributed by atoms with Crippen molar-refractivity contribution in [3.8, 4) is 6.07 Å². The first-order chi connectivity index (χ1) is 11.6. The van der Waals surface area contributed by atoms with Gasteiger partial charge in [0.25, 0.3) is 0 Å². The van der Waals surface area contributed by atoms with Gasteiger partial charge in [-0.2, -0.15) is 14.6 Å². The maximum Gasteiger partial charge on any atom is 0.244 e. The highest BCUT2D eigenvalue weighted by Crippen LogP contribution is 2.29. The van der Waals surface area contributed by atoms with E-state index in [0.717, 1.165) is 6.42 Å². The molecule has 1 fully saturated rings. The van der Waals surface area contributed by atoms with Crippen LogP contribution in [0.25, 0.3) is 0 Å². The fourth-order valence-corrected chi connectivity index (χ4v) is 4.54. The van der Waals surface area contributed by atoms with Crippen LogP contribution in [0.15, 0.2) is 33.7 Å². The summed E-state index contributed by atoms with van der Waals surface area (Å²) >= 11 is 0. The largest absolute Gasteiger partial charge is 0.339 e. The second-order valence-electron chi connectivity index (χ2n) is 5.71. The topological polar surface area (TPSA) is 100 Å². The number of sulfonamides is 1. The number of hydrogen-bond donors (Lipinski definition) is 0. The number of aryl methyl sites for hydroxylation is 1. The lowest BCUT2D eigenvalue weighted by atomic mass is 9.99. The van der Waals surface area contributed by atoms with Gasteiger partial charge in [-0.3, -0.25) is 0 Å². The Morgan fingerprint density at radius 3 is 2.92 bits per heavy atom. The predicted molar refractivity (Wildman–Crippen MR) is 85.6 cm³/mol. The van der Waals surface area contributed by atoms with Crippen LogP contribution in [0.2, 0.25) is 0 Å². The van der Waals surface area contributed by atoms with Gasteiger partial charge in [-0.25, -0.2) is 8.42 Å². The number of nitrogens with zero attached hydrogens (tertiary/aromatic N) is 4. The average Bonchev–Trinajstić information content (AvgIpc) is 3.11. The van der Waals surface area contributed by atoms with Crippen LogP contribution in [0, 0.1) is 11.3 Å². The molecule has 1 atom stereocenters. The second kappa shape index (κ2) is 6.71. The van der Waals surface area contributed by atoms with Crippen LogP contribution in [0.4, 0.5) is 0 Å². The number of aromatic nitrogens is 2. The van der Waals surface area contributed by atoms with E-state index in [1.165, 1.54) is 16.4 Å². The van der Waals surface area contributed by atoms with Crippen LogP contribution in [0.1, 0.15) is 43.0 Å². The molecule has 3 rings (SSSR count). The fourth-order valence-electron chi connectivity index (χ4n) is 2.87. The third kappa shape index (κ3) is 3.05. The van der Waals surface area contributed by atoms with Crippen LogP contribution in [0.5, 0.6) is 0 Å². The first-order valence-corrected chi connectivity index (χ1v) is 9.32. The number of piperidine rings is 1. The number of rotatable bonds is 4. The molecule has 1 unspecified atom stereocenters. The SMILES string of the molecule is CCc1nc(C2CCCN(S(=O)(=O)c3ccccc3C#N)C2)no1. The van der Waals surface area contributed by atoms with Crippen molar-refractivity contribution in [2.24, 2.45) is 0 Å². The summed E-state index contributed by atoms with van der Waals surface area (Å²) in [6.45, 7) is 2.65. The molecule has 7 nitrogen and oxygen atoms in total. The third-order valence-corrected chi connectivity index (χ3v) is 6.08. The van der Waals surface area contributed by atoms with Gasteiger partial charge in [-0.05, 0) is 25.0 Å². The van der Waals surface area contributed by atoms with Crippen molar-refractivity contribution in [3.05, 3.63) is 41.5 Å². The molecule has 0 amide bonds. The van der Waals surface area contributed by atoms with Crippen molar-refractivity contribution in [3.63, 3.8) is 0 Å². The number of benzene rings is 1. The monoisotopic (exact) mass is 346 g/mol. The molecular formula is C16H18N4O3S. The van der Waals surface area contributed by atoms with Gasteiger partial charge in [-0.15, -0.1) is 0 Å². The molecule has 0 N–H and O–H groups in total. The van der Waals surface area contributed by atoms with Crippen molar-refractivity contribution in [1.82, 2.24) is 14.4 Å². The summed E-state index contributed by atoms with van der Waals surface area (Å²) in [5.41, 5.74) is 0.160. The summed E-state index contributed by atoms with van der Waals surface area (Å²) in [5.74, 6) is 1.02. The van der Waals surface area contributed by atoms with E-state index in [2.05, 4.69) is 10.1 Å². The molecule has 1 aromatic heterocycles. The summed E-state index contributed by atoms with van der Waals surface area (Å²) in [6, 6.07) is 8.22. The minimum absolute atomic E-state index is 0.0514. The van der Waals surface area contributed by atoms with Gasteiger partial charge >= 0.3 is 0 Å². The van der Waals surface area contributed by atoms with Crippen LogP contribution >= 0.6 is 0 Å². The van der Waals surface area contributed by atoms with Crippen LogP contribution < -0.4 is 0 Å². The zero-order valence-corrected chi connectivity index (χ0v) is 14.2. The summed E-state index contributed by atoms with van der Waals surface area (Å²) in [5, 5.41) is 13.1. The van der Waals surface area contributed by atoms with Crippen molar-refractivity contribution >= 4 is 10.0 Å². The molecule has 126 valence electrons. The molecule has 2 aromatic rings. The highest BCUT2D eigenvalue weighted by atomic mass is 32.2. The molecule has 0 spiro atoms. The van der Waals surface area contributed by atoms with E-state index in [-0.39, 0.29) is 16.4 Å². The van der Waals surface area contributed by atoms with Crippen molar-refractivity contribution in [2.45, 2.75) is 37.0 Å². The summed E-state index contributed by atoms with van der Waals surface area (Å²) in [6.07, 6.45) is 2.18. The minimum Gasteiger partial charge on any atom is -0.339 e. The molecular weight excluding hydrogens is 328 g/mol. The van der Waals surface area contributed by atoms with Gasteiger partial charge in [0, 0.05) is 25.4 Å². The second-order valence-corrected chi connectivity index (χ2v) is 7.62. The van der Waals surface area contributed by atoms with E-state index in [4.69, 9.17) is 4.52 Å². The van der Waals surface area contributed by atoms with E-state index < -0.39 is 10.0 Å². The van der Waals surface area contributed by atoms with E-state index in [9.17, 15) is 13.7 Å². The molecule has 1 aliphatic heterocycles. The molecule has 0 aliphatic carbocycles. The van der Waals surface area contributed by atoms with Crippen molar-refractivity contribution in [1.29, 1.82) is 5.26 Å². The van der Waals surface area contributed by atoms with E-state index in [0.29, 0.717) is 37.6 Å². The maximum atomic E-state index is 12.9. The average molecular weight is 346 g/mol. The van der Waals surface area contributed by atoms with Gasteiger partial charge in [0.15, 0.2) is 5.82 Å². The molecule has 8 heteroatoms. The lowest BCUT2D eigenvalue weighted by Crippen LogP contribution is -2.39. The van der Waals surface area contributed by atoms with Gasteiger partial charge in [0.05, 0.1) is 10.5 Å². The normalized spacial score (nSPS) is 19.1. The van der Waals surface area contributed by atoms with Gasteiger partial charge in [0.2, 0.25) is 15.9 Å². The third-order valence-electron chi connectivity index (χ3n) is 4.16. The molecule has 2 heterocycles. The Morgan fingerprint density at radius 1 is 1.42 bits per heavy atom. The lowest BCUT2D eigenvalue weighted by Gasteiger charge is -2.30. The Hall–Kier alpha value is -2.24. The smallest absolute Gasteiger partial charge is 0.244 e. The Balaban J connectivity index is 1.87. The van der Waals surface area contributed by atoms with Crippen LogP contribution in [-0.2, 0) is 16.4 Å². The molecule has 1 aromatic carbocycles. The fraction of sp³-hybridized carbons (Fsp3) is 0.438. The predicted octanol–water partition coefficient (Wildman–Crippen LogP) is 2.07. The zero-order chi connectivity index (χ0) is 17.2. The first-order valence-electron chi connectivity index (χ1n) is 7.88.